The lowest BCUT2D eigenvalue weighted by atomic mass is 9.83. The molecule has 1 fully saturated rings. The van der Waals surface area contributed by atoms with Crippen LogP contribution in [0, 0.1) is 11.3 Å². The van der Waals surface area contributed by atoms with Gasteiger partial charge in [0.1, 0.15) is 0 Å². The van der Waals surface area contributed by atoms with E-state index < -0.39 is 0 Å². The van der Waals surface area contributed by atoms with Gasteiger partial charge in [0.2, 0.25) is 0 Å². The highest BCUT2D eigenvalue weighted by Gasteiger charge is 2.37. The quantitative estimate of drug-likeness (QED) is 0.903. The van der Waals surface area contributed by atoms with E-state index in [0.29, 0.717) is 29.5 Å². The Morgan fingerprint density at radius 2 is 2.05 bits per heavy atom. The van der Waals surface area contributed by atoms with Crippen molar-refractivity contribution in [2.75, 3.05) is 13.1 Å². The van der Waals surface area contributed by atoms with Crippen LogP contribution in [-0.4, -0.2) is 36.1 Å². The fourth-order valence-corrected chi connectivity index (χ4v) is 4.16. The molecule has 0 spiro atoms. The molecule has 0 radical (unpaired) electrons. The molecule has 0 saturated carbocycles. The van der Waals surface area contributed by atoms with Gasteiger partial charge in [0.15, 0.2) is 0 Å². The van der Waals surface area contributed by atoms with E-state index in [2.05, 4.69) is 69.3 Å². The maximum atomic E-state index is 3.80. The second-order valence-electron chi connectivity index (χ2n) is 7.97. The fraction of sp³-hybridized carbons (Fsp3) is 0.778. The molecule has 1 aromatic rings. The second kappa shape index (κ2) is 6.80. The van der Waals surface area contributed by atoms with E-state index in [9.17, 15) is 0 Å². The molecule has 3 heteroatoms. The van der Waals surface area contributed by atoms with Gasteiger partial charge in [-0.25, -0.2) is 0 Å². The van der Waals surface area contributed by atoms with E-state index in [-0.39, 0.29) is 0 Å². The van der Waals surface area contributed by atoms with Gasteiger partial charge in [-0.3, -0.25) is 4.90 Å². The predicted octanol–water partition coefficient (Wildman–Crippen LogP) is 4.02. The summed E-state index contributed by atoms with van der Waals surface area (Å²) in [5, 5.41) is 5.99. The normalized spacial score (nSPS) is 26.2. The van der Waals surface area contributed by atoms with E-state index in [1.807, 2.05) is 11.3 Å². The third kappa shape index (κ3) is 4.30. The third-order valence-electron chi connectivity index (χ3n) is 4.85. The maximum Gasteiger partial charge on any atom is 0.0247 e. The van der Waals surface area contributed by atoms with Crippen LogP contribution in [0.3, 0.4) is 0 Å². The molecule has 1 saturated heterocycles. The van der Waals surface area contributed by atoms with Crippen LogP contribution in [0.25, 0.3) is 0 Å². The Morgan fingerprint density at radius 3 is 2.57 bits per heavy atom. The second-order valence-corrected chi connectivity index (χ2v) is 9.00. The van der Waals surface area contributed by atoms with Crippen LogP contribution in [0.2, 0.25) is 0 Å². The Labute approximate surface area is 134 Å². The van der Waals surface area contributed by atoms with Gasteiger partial charge >= 0.3 is 0 Å². The molecule has 2 nitrogen and oxygen atoms in total. The van der Waals surface area contributed by atoms with Crippen molar-refractivity contribution in [1.82, 2.24) is 10.2 Å². The van der Waals surface area contributed by atoms with Gasteiger partial charge in [-0.15, -0.1) is 11.3 Å². The predicted molar refractivity (Wildman–Crippen MR) is 94.1 cm³/mol. The van der Waals surface area contributed by atoms with Gasteiger partial charge in [-0.1, -0.05) is 40.7 Å². The van der Waals surface area contributed by atoms with Crippen LogP contribution in [0.5, 0.6) is 0 Å². The Hall–Kier alpha value is -0.380. The number of nitrogens with zero attached hydrogens (tertiary/aromatic N) is 1. The highest BCUT2D eigenvalue weighted by atomic mass is 32.1. The minimum absolute atomic E-state index is 0.322. The van der Waals surface area contributed by atoms with Crippen LogP contribution in [0.15, 0.2) is 17.5 Å². The lowest BCUT2D eigenvalue weighted by Gasteiger charge is -2.49. The third-order valence-corrected chi connectivity index (χ3v) is 5.75. The van der Waals surface area contributed by atoms with Gasteiger partial charge in [-0.2, -0.15) is 0 Å². The van der Waals surface area contributed by atoms with E-state index in [4.69, 9.17) is 0 Å². The largest absolute Gasteiger partial charge is 0.311 e. The first-order chi connectivity index (χ1) is 9.79. The first-order valence-corrected chi connectivity index (χ1v) is 9.18. The van der Waals surface area contributed by atoms with Crippen molar-refractivity contribution in [3.05, 3.63) is 22.4 Å². The van der Waals surface area contributed by atoms with Crippen molar-refractivity contribution < 1.29 is 0 Å². The SMILES string of the molecule is CC(C)C1CNC(C(C)(C)C)CN1C(C)Cc1cccs1. The highest BCUT2D eigenvalue weighted by Crippen LogP contribution is 2.28. The summed E-state index contributed by atoms with van der Waals surface area (Å²) in [5.74, 6) is 0.698. The van der Waals surface area contributed by atoms with E-state index in [1.54, 1.807) is 0 Å². The smallest absolute Gasteiger partial charge is 0.0247 e. The van der Waals surface area contributed by atoms with Gasteiger partial charge in [0.25, 0.3) is 0 Å². The van der Waals surface area contributed by atoms with Crippen LogP contribution >= 0.6 is 11.3 Å². The molecule has 2 heterocycles. The number of hydrogen-bond acceptors (Lipinski definition) is 3. The molecular weight excluding hydrogens is 276 g/mol. The van der Waals surface area contributed by atoms with Crippen molar-refractivity contribution >= 4 is 11.3 Å². The van der Waals surface area contributed by atoms with Gasteiger partial charge < -0.3 is 5.32 Å². The lowest BCUT2D eigenvalue weighted by Crippen LogP contribution is -2.63. The Morgan fingerprint density at radius 1 is 1.33 bits per heavy atom. The van der Waals surface area contributed by atoms with E-state index >= 15 is 0 Å². The van der Waals surface area contributed by atoms with E-state index in [0.717, 1.165) is 6.54 Å². The molecule has 0 aliphatic carbocycles. The van der Waals surface area contributed by atoms with Crippen molar-refractivity contribution in [1.29, 1.82) is 0 Å². The molecule has 1 N–H and O–H groups in total. The minimum atomic E-state index is 0.322. The Kier molecular flexibility index (Phi) is 5.50. The number of nitrogens with one attached hydrogen (secondary N) is 1. The summed E-state index contributed by atoms with van der Waals surface area (Å²) >= 11 is 1.89. The summed E-state index contributed by atoms with van der Waals surface area (Å²) in [6, 6.07) is 6.29. The number of rotatable bonds is 4. The standard InChI is InChI=1S/C18H32N2S/c1-13(2)16-11-19-17(18(4,5)6)12-20(16)14(3)10-15-8-7-9-21-15/h7-9,13-14,16-17,19H,10-12H2,1-6H3. The molecule has 1 aliphatic heterocycles. The van der Waals surface area contributed by atoms with Gasteiger partial charge in [0.05, 0.1) is 0 Å². The molecule has 2 rings (SSSR count). The first kappa shape index (κ1) is 17.0. The maximum absolute atomic E-state index is 3.80. The molecule has 1 aromatic heterocycles. The lowest BCUT2D eigenvalue weighted by molar-refractivity contribution is 0.0348. The zero-order valence-electron chi connectivity index (χ0n) is 14.5. The highest BCUT2D eigenvalue weighted by molar-refractivity contribution is 7.09. The molecule has 120 valence electrons. The molecule has 0 amide bonds. The summed E-state index contributed by atoms with van der Waals surface area (Å²) in [6.07, 6.45) is 1.18. The van der Waals surface area contributed by atoms with Crippen LogP contribution in [-0.2, 0) is 6.42 Å². The average Bonchev–Trinajstić information content (AvgIpc) is 2.89. The molecule has 1 aliphatic rings. The number of thiophene rings is 1. The first-order valence-electron chi connectivity index (χ1n) is 8.30. The van der Waals surface area contributed by atoms with Crippen LogP contribution in [0.4, 0.5) is 0 Å². The number of piperazine rings is 1. The van der Waals surface area contributed by atoms with Crippen molar-refractivity contribution in [2.24, 2.45) is 11.3 Å². The van der Waals surface area contributed by atoms with Crippen molar-refractivity contribution in [2.45, 2.75) is 66.1 Å². The summed E-state index contributed by atoms with van der Waals surface area (Å²) in [5.41, 5.74) is 0.322. The molecule has 0 bridgehead atoms. The summed E-state index contributed by atoms with van der Waals surface area (Å²) in [7, 11) is 0. The summed E-state index contributed by atoms with van der Waals surface area (Å²) in [6.45, 7) is 16.4. The molecule has 3 atom stereocenters. The molecule has 0 aromatic carbocycles. The fourth-order valence-electron chi connectivity index (χ4n) is 3.33. The summed E-state index contributed by atoms with van der Waals surface area (Å²) < 4.78 is 0. The Bertz CT molecular complexity index is 419. The molecular formula is C18H32N2S. The van der Waals surface area contributed by atoms with Crippen LogP contribution < -0.4 is 5.32 Å². The van der Waals surface area contributed by atoms with Gasteiger partial charge in [0, 0.05) is 36.1 Å². The number of hydrogen-bond donors (Lipinski definition) is 1. The Balaban J connectivity index is 2.09. The van der Waals surface area contributed by atoms with E-state index in [1.165, 1.54) is 17.8 Å². The summed E-state index contributed by atoms with van der Waals surface area (Å²) in [4.78, 5) is 4.27. The molecule has 3 unspecified atom stereocenters. The van der Waals surface area contributed by atoms with Crippen molar-refractivity contribution in [3.8, 4) is 0 Å². The minimum Gasteiger partial charge on any atom is -0.311 e. The average molecular weight is 309 g/mol. The van der Waals surface area contributed by atoms with Crippen molar-refractivity contribution in [3.63, 3.8) is 0 Å². The van der Waals surface area contributed by atoms with Crippen LogP contribution in [0.1, 0.15) is 46.4 Å². The zero-order valence-corrected chi connectivity index (χ0v) is 15.3. The van der Waals surface area contributed by atoms with Gasteiger partial charge in [-0.05, 0) is 36.1 Å². The monoisotopic (exact) mass is 308 g/mol. The zero-order chi connectivity index (χ0) is 15.6. The topological polar surface area (TPSA) is 15.3 Å². The molecule has 21 heavy (non-hydrogen) atoms.